The van der Waals surface area contributed by atoms with Gasteiger partial charge >= 0.3 is 0 Å². The third-order valence-electron chi connectivity index (χ3n) is 3.46. The highest BCUT2D eigenvalue weighted by Crippen LogP contribution is 2.23. The molecule has 0 spiro atoms. The first kappa shape index (κ1) is 14.4. The molecule has 2 aromatic rings. The lowest BCUT2D eigenvalue weighted by atomic mass is 10.1. The lowest BCUT2D eigenvalue weighted by molar-refractivity contribution is 0.00369. The largest absolute Gasteiger partial charge is 0.486 e. The molecule has 1 aromatic heterocycles. The molecule has 6 heteroatoms. The van der Waals surface area contributed by atoms with Crippen molar-refractivity contribution >= 4 is 11.6 Å². The van der Waals surface area contributed by atoms with Gasteiger partial charge in [-0.15, -0.1) is 5.10 Å². The van der Waals surface area contributed by atoms with Crippen LogP contribution in [0.5, 0.6) is 5.75 Å². The summed E-state index contributed by atoms with van der Waals surface area (Å²) in [5, 5.41) is 8.83. The molecule has 1 fully saturated rings. The molecule has 0 amide bonds. The first-order valence-electron chi connectivity index (χ1n) is 7.19. The number of rotatable bonds is 5. The zero-order valence-corrected chi connectivity index (χ0v) is 12.5. The molecule has 3 rings (SSSR count). The van der Waals surface area contributed by atoms with E-state index in [9.17, 15) is 0 Å². The van der Waals surface area contributed by atoms with Crippen LogP contribution in [0.15, 0.2) is 30.5 Å². The third kappa shape index (κ3) is 3.95. The van der Waals surface area contributed by atoms with Crippen molar-refractivity contribution in [3.05, 3.63) is 41.2 Å². The molecule has 1 saturated heterocycles. The molecule has 0 radical (unpaired) electrons. The molecule has 0 saturated carbocycles. The van der Waals surface area contributed by atoms with Crippen LogP contribution in [-0.4, -0.2) is 27.7 Å². The van der Waals surface area contributed by atoms with Crippen molar-refractivity contribution < 1.29 is 9.47 Å². The molecule has 21 heavy (non-hydrogen) atoms. The van der Waals surface area contributed by atoms with Gasteiger partial charge in [0, 0.05) is 6.61 Å². The van der Waals surface area contributed by atoms with Crippen LogP contribution < -0.4 is 4.74 Å². The predicted octanol–water partition coefficient (Wildman–Crippen LogP) is 3.08. The van der Waals surface area contributed by atoms with Crippen LogP contribution in [0.2, 0.25) is 5.02 Å². The summed E-state index contributed by atoms with van der Waals surface area (Å²) in [6.07, 6.45) is 5.62. The third-order valence-corrected chi connectivity index (χ3v) is 3.78. The number of para-hydroxylation sites is 1. The molecule has 1 unspecified atom stereocenters. The Kier molecular flexibility index (Phi) is 4.72. The fraction of sp³-hybridized carbons (Fsp3) is 0.467. The molecule has 5 nitrogen and oxygen atoms in total. The first-order valence-corrected chi connectivity index (χ1v) is 7.57. The summed E-state index contributed by atoms with van der Waals surface area (Å²) in [4.78, 5) is 0. The van der Waals surface area contributed by atoms with E-state index in [2.05, 4.69) is 10.3 Å². The van der Waals surface area contributed by atoms with Gasteiger partial charge in [0.1, 0.15) is 18.1 Å². The van der Waals surface area contributed by atoms with Gasteiger partial charge in [0.2, 0.25) is 0 Å². The van der Waals surface area contributed by atoms with Gasteiger partial charge in [-0.25, -0.2) is 4.68 Å². The second kappa shape index (κ2) is 6.91. The van der Waals surface area contributed by atoms with Gasteiger partial charge in [0.25, 0.3) is 0 Å². The molecule has 2 heterocycles. The molecule has 112 valence electrons. The molecule has 1 aliphatic rings. The fourth-order valence-corrected chi connectivity index (χ4v) is 2.56. The minimum atomic E-state index is 0.248. The van der Waals surface area contributed by atoms with Crippen LogP contribution in [0, 0.1) is 0 Å². The first-order chi connectivity index (χ1) is 10.3. The van der Waals surface area contributed by atoms with E-state index in [1.54, 1.807) is 6.07 Å². The smallest absolute Gasteiger partial charge is 0.138 e. The van der Waals surface area contributed by atoms with Crippen molar-refractivity contribution in [2.24, 2.45) is 0 Å². The maximum absolute atomic E-state index is 6.04. The number of halogens is 1. The Hall–Kier alpha value is -1.59. The van der Waals surface area contributed by atoms with Gasteiger partial charge in [-0.3, -0.25) is 0 Å². The van der Waals surface area contributed by atoms with Crippen LogP contribution in [0.25, 0.3) is 0 Å². The number of aromatic nitrogens is 3. The fourth-order valence-electron chi connectivity index (χ4n) is 2.37. The van der Waals surface area contributed by atoms with Gasteiger partial charge in [-0.05, 0) is 31.4 Å². The molecular formula is C15H18ClN3O2. The minimum Gasteiger partial charge on any atom is -0.486 e. The van der Waals surface area contributed by atoms with Crippen LogP contribution in [-0.2, 0) is 17.9 Å². The van der Waals surface area contributed by atoms with Crippen molar-refractivity contribution in [2.45, 2.75) is 38.5 Å². The Morgan fingerprint density at radius 2 is 2.24 bits per heavy atom. The van der Waals surface area contributed by atoms with Crippen molar-refractivity contribution in [2.75, 3.05) is 6.61 Å². The zero-order valence-electron chi connectivity index (χ0n) is 11.7. The molecule has 1 aliphatic heterocycles. The average molecular weight is 308 g/mol. The monoisotopic (exact) mass is 307 g/mol. The molecular weight excluding hydrogens is 290 g/mol. The lowest BCUT2D eigenvalue weighted by Gasteiger charge is -2.21. The van der Waals surface area contributed by atoms with E-state index in [-0.39, 0.29) is 6.10 Å². The molecule has 0 aliphatic carbocycles. The summed E-state index contributed by atoms with van der Waals surface area (Å²) in [5.41, 5.74) is 0.783. The maximum atomic E-state index is 6.04. The number of hydrogen-bond acceptors (Lipinski definition) is 4. The van der Waals surface area contributed by atoms with Crippen LogP contribution in [0.4, 0.5) is 0 Å². The van der Waals surface area contributed by atoms with Crippen LogP contribution in [0.1, 0.15) is 25.0 Å². The van der Waals surface area contributed by atoms with Gasteiger partial charge in [-0.1, -0.05) is 28.9 Å². The van der Waals surface area contributed by atoms with E-state index in [0.717, 1.165) is 31.7 Å². The van der Waals surface area contributed by atoms with Crippen LogP contribution >= 0.6 is 11.6 Å². The summed E-state index contributed by atoms with van der Waals surface area (Å²) in [6.45, 7) is 1.95. The van der Waals surface area contributed by atoms with E-state index in [0.29, 0.717) is 17.4 Å². The highest BCUT2D eigenvalue weighted by Gasteiger charge is 2.15. The van der Waals surface area contributed by atoms with Gasteiger partial charge < -0.3 is 9.47 Å². The minimum absolute atomic E-state index is 0.248. The van der Waals surface area contributed by atoms with Gasteiger partial charge in [0.05, 0.1) is 23.9 Å². The molecule has 1 aromatic carbocycles. The highest BCUT2D eigenvalue weighted by atomic mass is 35.5. The Morgan fingerprint density at radius 1 is 1.33 bits per heavy atom. The standard InChI is InChI=1S/C15H18ClN3O2/c16-14-6-1-2-7-15(14)21-11-12-9-19(18-17-12)10-13-5-3-4-8-20-13/h1-2,6-7,9,13H,3-5,8,10-11H2. The van der Waals surface area contributed by atoms with Crippen LogP contribution in [0.3, 0.4) is 0 Å². The Bertz CT molecular complexity index is 582. The summed E-state index contributed by atoms with van der Waals surface area (Å²) < 4.78 is 13.2. The zero-order chi connectivity index (χ0) is 14.5. The second-order valence-corrected chi connectivity index (χ2v) is 5.55. The quantitative estimate of drug-likeness (QED) is 0.852. The summed E-state index contributed by atoms with van der Waals surface area (Å²) in [7, 11) is 0. The molecule has 0 N–H and O–H groups in total. The van der Waals surface area contributed by atoms with Crippen molar-refractivity contribution in [3.8, 4) is 5.75 Å². The van der Waals surface area contributed by atoms with E-state index in [1.165, 1.54) is 6.42 Å². The van der Waals surface area contributed by atoms with Gasteiger partial charge in [0.15, 0.2) is 0 Å². The van der Waals surface area contributed by atoms with E-state index >= 15 is 0 Å². The summed E-state index contributed by atoms with van der Waals surface area (Å²) in [5.74, 6) is 0.657. The van der Waals surface area contributed by atoms with Crippen molar-refractivity contribution in [3.63, 3.8) is 0 Å². The van der Waals surface area contributed by atoms with Crippen molar-refractivity contribution in [1.29, 1.82) is 0 Å². The number of ether oxygens (including phenoxy) is 2. The Labute approximate surface area is 128 Å². The number of hydrogen-bond donors (Lipinski definition) is 0. The Morgan fingerprint density at radius 3 is 3.05 bits per heavy atom. The normalized spacial score (nSPS) is 18.6. The number of benzene rings is 1. The Balaban J connectivity index is 1.54. The second-order valence-electron chi connectivity index (χ2n) is 5.14. The van der Waals surface area contributed by atoms with E-state index in [4.69, 9.17) is 21.1 Å². The summed E-state index contributed by atoms with van der Waals surface area (Å²) in [6, 6.07) is 7.39. The van der Waals surface area contributed by atoms with E-state index < -0.39 is 0 Å². The van der Waals surface area contributed by atoms with E-state index in [1.807, 2.05) is 29.1 Å². The number of nitrogens with zero attached hydrogens (tertiary/aromatic N) is 3. The van der Waals surface area contributed by atoms with Crippen molar-refractivity contribution in [1.82, 2.24) is 15.0 Å². The summed E-state index contributed by atoms with van der Waals surface area (Å²) >= 11 is 6.04. The average Bonchev–Trinajstić information content (AvgIpc) is 2.95. The molecule has 1 atom stereocenters. The predicted molar refractivity (Wildman–Crippen MR) is 79.4 cm³/mol. The SMILES string of the molecule is Clc1ccccc1OCc1cn(CC2CCCCO2)nn1. The highest BCUT2D eigenvalue weighted by molar-refractivity contribution is 6.32. The topological polar surface area (TPSA) is 49.2 Å². The molecule has 0 bridgehead atoms. The van der Waals surface area contributed by atoms with Gasteiger partial charge in [-0.2, -0.15) is 0 Å². The lowest BCUT2D eigenvalue weighted by Crippen LogP contribution is -2.24. The maximum Gasteiger partial charge on any atom is 0.138 e.